The lowest BCUT2D eigenvalue weighted by atomic mass is 10.0. The third kappa shape index (κ3) is 9.42. The molecule has 0 radical (unpaired) electrons. The molecule has 3 aromatic rings. The first kappa shape index (κ1) is 32.3. The number of fused-ring (bicyclic) bond motifs is 1. The number of ketones is 1. The number of nitrogens with one attached hydrogen (secondary N) is 2. The van der Waals surface area contributed by atoms with Crippen molar-refractivity contribution in [1.29, 1.82) is 0 Å². The summed E-state index contributed by atoms with van der Waals surface area (Å²) in [5.41, 5.74) is 4.13. The van der Waals surface area contributed by atoms with Crippen LogP contribution < -0.4 is 10.6 Å². The summed E-state index contributed by atoms with van der Waals surface area (Å²) in [4.78, 5) is 32.4. The molecule has 0 aliphatic heterocycles. The number of Topliss-reactive ketones (excluding diaryl/α,β-unsaturated/α-hetero) is 1. The molecule has 0 saturated heterocycles. The van der Waals surface area contributed by atoms with E-state index < -0.39 is 0 Å². The lowest BCUT2D eigenvalue weighted by Gasteiger charge is -2.25. The van der Waals surface area contributed by atoms with E-state index in [1.807, 2.05) is 47.4 Å². The predicted molar refractivity (Wildman–Crippen MR) is 171 cm³/mol. The zero-order chi connectivity index (χ0) is 30.2. The molecule has 0 bridgehead atoms. The molecule has 1 aromatic heterocycles. The molecular weight excluding hydrogens is 510 g/mol. The Morgan fingerprint density at radius 3 is 2.12 bits per heavy atom. The van der Waals surface area contributed by atoms with Crippen molar-refractivity contribution in [2.75, 3.05) is 25.0 Å². The van der Waals surface area contributed by atoms with Crippen LogP contribution in [-0.4, -0.2) is 51.3 Å². The molecule has 41 heavy (non-hydrogen) atoms. The Bertz CT molecular complexity index is 1280. The Labute approximate surface area is 247 Å². The van der Waals surface area contributed by atoms with Gasteiger partial charge in [-0.25, -0.2) is 4.98 Å². The average molecular weight is 562 g/mol. The van der Waals surface area contributed by atoms with E-state index >= 15 is 0 Å². The van der Waals surface area contributed by atoms with Crippen LogP contribution in [0.2, 0.25) is 0 Å². The van der Waals surface area contributed by atoms with Gasteiger partial charge in [0.15, 0.2) is 5.78 Å². The number of benzene rings is 2. The quantitative estimate of drug-likeness (QED) is 0.138. The van der Waals surface area contributed by atoms with Crippen molar-refractivity contribution in [1.82, 2.24) is 19.8 Å². The molecule has 0 atom stereocenters. The number of carbonyl (C=O) groups is 2. The van der Waals surface area contributed by atoms with Gasteiger partial charge in [-0.15, -0.1) is 0 Å². The van der Waals surface area contributed by atoms with Crippen molar-refractivity contribution in [3.8, 4) is 0 Å². The van der Waals surface area contributed by atoms with Gasteiger partial charge < -0.3 is 20.1 Å². The summed E-state index contributed by atoms with van der Waals surface area (Å²) in [5, 5.41) is 7.11. The number of amides is 1. The van der Waals surface area contributed by atoms with Crippen LogP contribution in [-0.2, 0) is 6.54 Å². The molecule has 7 heteroatoms. The van der Waals surface area contributed by atoms with E-state index in [4.69, 9.17) is 4.98 Å². The second-order valence-electron chi connectivity index (χ2n) is 12.7. The Balaban J connectivity index is 1.93. The van der Waals surface area contributed by atoms with Gasteiger partial charge in [0.2, 0.25) is 5.95 Å². The van der Waals surface area contributed by atoms with Crippen LogP contribution in [0.1, 0.15) is 102 Å². The minimum atomic E-state index is 0.0410. The summed E-state index contributed by atoms with van der Waals surface area (Å²) >= 11 is 0. The molecule has 0 aliphatic rings. The van der Waals surface area contributed by atoms with Gasteiger partial charge in [-0.1, -0.05) is 34.6 Å². The van der Waals surface area contributed by atoms with Gasteiger partial charge in [0, 0.05) is 42.0 Å². The molecule has 0 fully saturated rings. The minimum Gasteiger partial charge on any atom is -0.339 e. The molecule has 3 rings (SSSR count). The van der Waals surface area contributed by atoms with Crippen molar-refractivity contribution in [2.24, 2.45) is 11.8 Å². The molecule has 7 nitrogen and oxygen atoms in total. The molecule has 2 aromatic carbocycles. The van der Waals surface area contributed by atoms with Gasteiger partial charge in [-0.3, -0.25) is 9.59 Å². The van der Waals surface area contributed by atoms with E-state index in [9.17, 15) is 9.59 Å². The summed E-state index contributed by atoms with van der Waals surface area (Å²) < 4.78 is 2.18. The SMILES string of the molecule is CCC(C)(C)NCCCn1c(Nc2ccc(C(C)=O)cc2)nc2ccc(C(=O)N(CCC(C)C)CCC(C)C)cc21. The van der Waals surface area contributed by atoms with Gasteiger partial charge in [-0.2, -0.15) is 0 Å². The van der Waals surface area contributed by atoms with E-state index in [-0.39, 0.29) is 17.2 Å². The third-order valence-electron chi connectivity index (χ3n) is 7.83. The van der Waals surface area contributed by atoms with E-state index in [1.165, 1.54) is 0 Å². The normalized spacial score (nSPS) is 12.0. The first-order valence-electron chi connectivity index (χ1n) is 15.3. The number of rotatable bonds is 16. The summed E-state index contributed by atoms with van der Waals surface area (Å²) in [6.45, 7) is 20.2. The van der Waals surface area contributed by atoms with Gasteiger partial charge in [-0.05, 0) is 107 Å². The summed E-state index contributed by atoms with van der Waals surface area (Å²) in [6.07, 6.45) is 3.95. The van der Waals surface area contributed by atoms with Gasteiger partial charge in [0.1, 0.15) is 0 Å². The molecule has 0 saturated carbocycles. The monoisotopic (exact) mass is 561 g/mol. The Morgan fingerprint density at radius 1 is 0.951 bits per heavy atom. The van der Waals surface area contributed by atoms with E-state index in [2.05, 4.69) is 63.7 Å². The van der Waals surface area contributed by atoms with Crippen molar-refractivity contribution in [3.05, 3.63) is 53.6 Å². The minimum absolute atomic E-state index is 0.0410. The van der Waals surface area contributed by atoms with Gasteiger partial charge in [0.25, 0.3) is 5.91 Å². The standard InChI is InChI=1S/C34H51N5O2/c1-9-34(7,8)35-19-10-20-39-31-23-28(32(41)38(21-17-24(2)3)22-18-25(4)5)13-16-30(31)37-33(39)36-29-14-11-27(12-15-29)26(6)40/h11-16,23-25,35H,9-10,17-22H2,1-8H3,(H,36,37). The van der Waals surface area contributed by atoms with Gasteiger partial charge >= 0.3 is 0 Å². The van der Waals surface area contributed by atoms with Crippen LogP contribution in [0, 0.1) is 11.8 Å². The van der Waals surface area contributed by atoms with Crippen LogP contribution in [0.3, 0.4) is 0 Å². The van der Waals surface area contributed by atoms with Crippen LogP contribution >= 0.6 is 0 Å². The molecule has 0 aliphatic carbocycles. The highest BCUT2D eigenvalue weighted by Crippen LogP contribution is 2.26. The van der Waals surface area contributed by atoms with Crippen molar-refractivity contribution >= 4 is 34.4 Å². The topological polar surface area (TPSA) is 79.3 Å². The number of carbonyl (C=O) groups excluding carboxylic acids is 2. The summed E-state index contributed by atoms with van der Waals surface area (Å²) in [7, 11) is 0. The highest BCUT2D eigenvalue weighted by molar-refractivity contribution is 5.98. The maximum absolute atomic E-state index is 13.8. The molecule has 1 amide bonds. The molecule has 224 valence electrons. The maximum Gasteiger partial charge on any atom is 0.253 e. The van der Waals surface area contributed by atoms with Crippen LogP contribution in [0.4, 0.5) is 11.6 Å². The number of imidazole rings is 1. The summed E-state index contributed by atoms with van der Waals surface area (Å²) in [5.74, 6) is 1.93. The number of aromatic nitrogens is 2. The molecule has 0 unspecified atom stereocenters. The smallest absolute Gasteiger partial charge is 0.253 e. The fourth-order valence-corrected chi connectivity index (χ4v) is 4.61. The number of aryl methyl sites for hydroxylation is 1. The highest BCUT2D eigenvalue weighted by Gasteiger charge is 2.20. The second kappa shape index (κ2) is 14.6. The van der Waals surface area contributed by atoms with E-state index in [0.717, 1.165) is 74.5 Å². The first-order chi connectivity index (χ1) is 19.4. The first-order valence-corrected chi connectivity index (χ1v) is 15.3. The highest BCUT2D eigenvalue weighted by atomic mass is 16.2. The average Bonchev–Trinajstić information content (AvgIpc) is 3.26. The van der Waals surface area contributed by atoms with Crippen LogP contribution in [0.15, 0.2) is 42.5 Å². The number of hydrogen-bond acceptors (Lipinski definition) is 5. The van der Waals surface area contributed by atoms with Crippen molar-refractivity contribution in [2.45, 2.75) is 93.2 Å². The maximum atomic E-state index is 13.8. The van der Waals surface area contributed by atoms with Crippen LogP contribution in [0.25, 0.3) is 11.0 Å². The molecule has 1 heterocycles. The Kier molecular flexibility index (Phi) is 11.5. The number of hydrogen-bond donors (Lipinski definition) is 2. The largest absolute Gasteiger partial charge is 0.339 e. The molecular formula is C34H51N5O2. The van der Waals surface area contributed by atoms with E-state index in [0.29, 0.717) is 23.0 Å². The Morgan fingerprint density at radius 2 is 1.56 bits per heavy atom. The van der Waals surface area contributed by atoms with Gasteiger partial charge in [0.05, 0.1) is 11.0 Å². The lowest BCUT2D eigenvalue weighted by Crippen LogP contribution is -2.39. The van der Waals surface area contributed by atoms with Crippen molar-refractivity contribution < 1.29 is 9.59 Å². The van der Waals surface area contributed by atoms with Crippen LogP contribution in [0.5, 0.6) is 0 Å². The lowest BCUT2D eigenvalue weighted by molar-refractivity contribution is 0.0740. The number of anilines is 2. The molecule has 0 spiro atoms. The zero-order valence-electron chi connectivity index (χ0n) is 26.5. The number of nitrogens with zero attached hydrogens (tertiary/aromatic N) is 3. The fraction of sp³-hybridized carbons (Fsp3) is 0.559. The summed E-state index contributed by atoms with van der Waals surface area (Å²) in [6, 6.07) is 13.4. The zero-order valence-corrected chi connectivity index (χ0v) is 26.5. The second-order valence-corrected chi connectivity index (χ2v) is 12.7. The Hall–Kier alpha value is -3.19. The fourth-order valence-electron chi connectivity index (χ4n) is 4.61. The molecule has 2 N–H and O–H groups in total. The predicted octanol–water partition coefficient (Wildman–Crippen LogP) is 7.69. The van der Waals surface area contributed by atoms with E-state index in [1.54, 1.807) is 6.92 Å². The van der Waals surface area contributed by atoms with Crippen molar-refractivity contribution in [3.63, 3.8) is 0 Å². The third-order valence-corrected chi connectivity index (χ3v) is 7.83.